The van der Waals surface area contributed by atoms with Crippen LogP contribution in [0, 0.1) is 5.82 Å². The quantitative estimate of drug-likeness (QED) is 0.597. The number of nitrogens with zero attached hydrogens (tertiary/aromatic N) is 1. The zero-order valence-corrected chi connectivity index (χ0v) is 13.7. The number of rotatable bonds is 5. The predicted molar refractivity (Wildman–Crippen MR) is 84.6 cm³/mol. The minimum atomic E-state index is -4.59. The summed E-state index contributed by atoms with van der Waals surface area (Å²) in [5, 5.41) is 0. The minimum Gasteiger partial charge on any atom is -0.452 e. The molecule has 0 atom stereocenters. The number of benzene rings is 2. The Labute approximate surface area is 147 Å². The summed E-state index contributed by atoms with van der Waals surface area (Å²) in [6.45, 7) is -0.702. The van der Waals surface area contributed by atoms with Gasteiger partial charge in [-0.25, -0.2) is 9.18 Å². The maximum Gasteiger partial charge on any atom is 0.416 e. The van der Waals surface area contributed by atoms with Gasteiger partial charge in [0.1, 0.15) is 5.82 Å². The van der Waals surface area contributed by atoms with Gasteiger partial charge in [-0.1, -0.05) is 24.3 Å². The Morgan fingerprint density at radius 2 is 1.77 bits per heavy atom. The second-order valence-corrected chi connectivity index (χ2v) is 5.50. The fourth-order valence-corrected chi connectivity index (χ4v) is 2.11. The van der Waals surface area contributed by atoms with Crippen molar-refractivity contribution in [1.29, 1.82) is 0 Å². The van der Waals surface area contributed by atoms with Gasteiger partial charge in [0, 0.05) is 19.2 Å². The summed E-state index contributed by atoms with van der Waals surface area (Å²) in [6, 6.07) is 9.59. The largest absolute Gasteiger partial charge is 0.452 e. The SMILES string of the molecule is CN(Cc1ccccc1F)C(=O)COC(=O)c1cccc(C(F)(F)F)c1. The molecule has 0 N–H and O–H groups in total. The number of hydrogen-bond donors (Lipinski definition) is 0. The molecule has 0 aliphatic heterocycles. The Hall–Kier alpha value is -2.90. The van der Waals surface area contributed by atoms with Crippen LogP contribution in [0.2, 0.25) is 0 Å². The van der Waals surface area contributed by atoms with Gasteiger partial charge in [-0.05, 0) is 24.3 Å². The minimum absolute atomic E-state index is 0.0351. The van der Waals surface area contributed by atoms with E-state index in [2.05, 4.69) is 0 Å². The van der Waals surface area contributed by atoms with Gasteiger partial charge in [0.15, 0.2) is 6.61 Å². The lowest BCUT2D eigenvalue weighted by Gasteiger charge is -2.17. The Morgan fingerprint density at radius 3 is 2.42 bits per heavy atom. The molecule has 0 spiro atoms. The Bertz CT molecular complexity index is 805. The van der Waals surface area contributed by atoms with Crippen molar-refractivity contribution in [3.63, 3.8) is 0 Å². The van der Waals surface area contributed by atoms with Crippen LogP contribution in [0.5, 0.6) is 0 Å². The van der Waals surface area contributed by atoms with E-state index >= 15 is 0 Å². The summed E-state index contributed by atoms with van der Waals surface area (Å²) >= 11 is 0. The monoisotopic (exact) mass is 369 g/mol. The lowest BCUT2D eigenvalue weighted by atomic mass is 10.1. The van der Waals surface area contributed by atoms with Gasteiger partial charge in [-0.15, -0.1) is 0 Å². The van der Waals surface area contributed by atoms with E-state index in [0.29, 0.717) is 6.07 Å². The van der Waals surface area contributed by atoms with E-state index in [1.54, 1.807) is 6.07 Å². The Kier molecular flexibility index (Phi) is 5.97. The summed E-state index contributed by atoms with van der Waals surface area (Å²) < 4.78 is 56.3. The molecule has 0 bridgehead atoms. The van der Waals surface area contributed by atoms with Gasteiger partial charge in [-0.3, -0.25) is 4.79 Å². The van der Waals surface area contributed by atoms with E-state index in [1.807, 2.05) is 0 Å². The van der Waals surface area contributed by atoms with Crippen LogP contribution in [-0.2, 0) is 22.3 Å². The van der Waals surface area contributed by atoms with Gasteiger partial charge in [-0.2, -0.15) is 13.2 Å². The number of esters is 1. The van der Waals surface area contributed by atoms with Crippen LogP contribution >= 0.6 is 0 Å². The average Bonchev–Trinajstić information content (AvgIpc) is 2.60. The van der Waals surface area contributed by atoms with Gasteiger partial charge < -0.3 is 9.64 Å². The highest BCUT2D eigenvalue weighted by atomic mass is 19.4. The molecule has 4 nitrogen and oxygen atoms in total. The number of hydrogen-bond acceptors (Lipinski definition) is 3. The average molecular weight is 369 g/mol. The first-order valence-corrected chi connectivity index (χ1v) is 7.50. The molecule has 2 aromatic rings. The molecule has 138 valence electrons. The van der Waals surface area contributed by atoms with Gasteiger partial charge >= 0.3 is 12.1 Å². The fourth-order valence-electron chi connectivity index (χ4n) is 2.11. The van der Waals surface area contributed by atoms with Crippen molar-refractivity contribution >= 4 is 11.9 Å². The van der Waals surface area contributed by atoms with Crippen LogP contribution in [0.4, 0.5) is 17.6 Å². The van der Waals surface area contributed by atoms with E-state index in [0.717, 1.165) is 23.1 Å². The van der Waals surface area contributed by atoms with E-state index in [-0.39, 0.29) is 17.7 Å². The standard InChI is InChI=1S/C18H15F4NO3/c1-23(10-13-5-2-3-8-15(13)19)16(24)11-26-17(25)12-6-4-7-14(9-12)18(20,21)22/h2-9H,10-11H2,1H3. The highest BCUT2D eigenvalue weighted by Gasteiger charge is 2.31. The summed E-state index contributed by atoms with van der Waals surface area (Å²) in [5.74, 6) is -2.15. The number of carbonyl (C=O) groups is 2. The zero-order valence-electron chi connectivity index (χ0n) is 13.7. The summed E-state index contributed by atoms with van der Waals surface area (Å²) in [4.78, 5) is 25.0. The molecule has 0 aliphatic carbocycles. The molecule has 0 heterocycles. The molecule has 2 rings (SSSR count). The van der Waals surface area contributed by atoms with Crippen molar-refractivity contribution in [3.05, 3.63) is 71.0 Å². The Balaban J connectivity index is 1.94. The number of amides is 1. The van der Waals surface area contributed by atoms with E-state index in [4.69, 9.17) is 4.74 Å². The summed E-state index contributed by atoms with van der Waals surface area (Å²) in [6.07, 6.45) is -4.59. The third-order valence-electron chi connectivity index (χ3n) is 3.54. The van der Waals surface area contributed by atoms with Crippen LogP contribution < -0.4 is 0 Å². The molecule has 0 aromatic heterocycles. The molecule has 2 aromatic carbocycles. The zero-order chi connectivity index (χ0) is 19.3. The molecule has 0 saturated carbocycles. The molecule has 0 radical (unpaired) electrons. The molecule has 26 heavy (non-hydrogen) atoms. The highest BCUT2D eigenvalue weighted by molar-refractivity contribution is 5.91. The maximum absolute atomic E-state index is 13.6. The molecule has 1 amide bonds. The summed E-state index contributed by atoms with van der Waals surface area (Å²) in [7, 11) is 1.40. The van der Waals surface area contributed by atoms with Crippen LogP contribution in [-0.4, -0.2) is 30.4 Å². The van der Waals surface area contributed by atoms with Gasteiger partial charge in [0.2, 0.25) is 0 Å². The number of halogens is 4. The van der Waals surface area contributed by atoms with Crippen molar-refractivity contribution < 1.29 is 31.9 Å². The predicted octanol–water partition coefficient (Wildman–Crippen LogP) is 3.66. The Morgan fingerprint density at radius 1 is 1.08 bits per heavy atom. The lowest BCUT2D eigenvalue weighted by Crippen LogP contribution is -2.31. The van der Waals surface area contributed by atoms with Gasteiger partial charge in [0.25, 0.3) is 5.91 Å². The molecule has 0 saturated heterocycles. The number of ether oxygens (including phenoxy) is 1. The van der Waals surface area contributed by atoms with Crippen LogP contribution in [0.1, 0.15) is 21.5 Å². The topological polar surface area (TPSA) is 46.6 Å². The summed E-state index contributed by atoms with van der Waals surface area (Å²) in [5.41, 5.74) is -1.02. The first kappa shape index (κ1) is 19.4. The fraction of sp³-hybridized carbons (Fsp3) is 0.222. The maximum atomic E-state index is 13.6. The van der Waals surface area contributed by atoms with E-state index in [9.17, 15) is 27.2 Å². The van der Waals surface area contributed by atoms with Gasteiger partial charge in [0.05, 0.1) is 11.1 Å². The smallest absolute Gasteiger partial charge is 0.416 e. The van der Waals surface area contributed by atoms with Crippen molar-refractivity contribution in [3.8, 4) is 0 Å². The van der Waals surface area contributed by atoms with Crippen molar-refractivity contribution in [1.82, 2.24) is 4.90 Å². The van der Waals surface area contributed by atoms with Crippen LogP contribution in [0.15, 0.2) is 48.5 Å². The van der Waals surface area contributed by atoms with Crippen molar-refractivity contribution in [2.75, 3.05) is 13.7 Å². The number of likely N-dealkylation sites (N-methyl/N-ethyl adjacent to an activating group) is 1. The number of alkyl halides is 3. The van der Waals surface area contributed by atoms with E-state index in [1.165, 1.54) is 25.2 Å². The normalized spacial score (nSPS) is 11.1. The third kappa shape index (κ3) is 5.05. The molecular formula is C18H15F4NO3. The molecule has 0 unspecified atom stereocenters. The van der Waals surface area contributed by atoms with Crippen LogP contribution in [0.25, 0.3) is 0 Å². The molecule has 8 heteroatoms. The molecule has 0 fully saturated rings. The molecular weight excluding hydrogens is 354 g/mol. The number of carbonyl (C=O) groups excluding carboxylic acids is 2. The van der Waals surface area contributed by atoms with E-state index < -0.39 is 36.0 Å². The second-order valence-electron chi connectivity index (χ2n) is 5.50. The second kappa shape index (κ2) is 7.99. The van der Waals surface area contributed by atoms with Crippen molar-refractivity contribution in [2.45, 2.75) is 12.7 Å². The lowest BCUT2D eigenvalue weighted by molar-refractivity contribution is -0.137. The van der Waals surface area contributed by atoms with Crippen molar-refractivity contribution in [2.24, 2.45) is 0 Å². The highest BCUT2D eigenvalue weighted by Crippen LogP contribution is 2.29. The first-order chi connectivity index (χ1) is 12.2. The first-order valence-electron chi connectivity index (χ1n) is 7.50. The molecule has 0 aliphatic rings. The third-order valence-corrected chi connectivity index (χ3v) is 3.54. The van der Waals surface area contributed by atoms with Crippen LogP contribution in [0.3, 0.4) is 0 Å².